The highest BCUT2D eigenvalue weighted by atomic mass is 16.5. The van der Waals surface area contributed by atoms with Gasteiger partial charge in [-0.2, -0.15) is 5.10 Å². The minimum absolute atomic E-state index is 0.173. The third kappa shape index (κ3) is 3.49. The van der Waals surface area contributed by atoms with Crippen molar-refractivity contribution < 1.29 is 4.74 Å². The molecule has 21 heavy (non-hydrogen) atoms. The second-order valence-electron chi connectivity index (χ2n) is 5.46. The van der Waals surface area contributed by atoms with Gasteiger partial charge in [0, 0.05) is 56.3 Å². The molecule has 2 atom stereocenters. The van der Waals surface area contributed by atoms with Gasteiger partial charge in [-0.1, -0.05) is 6.07 Å². The lowest BCUT2D eigenvalue weighted by Crippen LogP contribution is -2.24. The monoisotopic (exact) mass is 286 g/mol. The number of aromatic nitrogens is 3. The maximum atomic E-state index is 5.91. The van der Waals surface area contributed by atoms with E-state index < -0.39 is 0 Å². The summed E-state index contributed by atoms with van der Waals surface area (Å²) in [6, 6.07) is 4.06. The van der Waals surface area contributed by atoms with Crippen LogP contribution in [0.25, 0.3) is 0 Å². The van der Waals surface area contributed by atoms with E-state index in [4.69, 9.17) is 4.74 Å². The van der Waals surface area contributed by atoms with Crippen LogP contribution >= 0.6 is 0 Å². The Hall–Kier alpha value is -1.72. The van der Waals surface area contributed by atoms with Crippen LogP contribution in [0.3, 0.4) is 0 Å². The Morgan fingerprint density at radius 1 is 1.43 bits per heavy atom. The number of nitrogens with one attached hydrogen (secondary N) is 1. The quantitative estimate of drug-likeness (QED) is 0.884. The minimum atomic E-state index is 0.173. The fourth-order valence-corrected chi connectivity index (χ4v) is 2.82. The van der Waals surface area contributed by atoms with Crippen LogP contribution in [0.5, 0.6) is 0 Å². The Morgan fingerprint density at radius 2 is 2.38 bits per heavy atom. The predicted octanol–water partition coefficient (Wildman–Crippen LogP) is 2.17. The van der Waals surface area contributed by atoms with Crippen LogP contribution in [0, 0.1) is 5.92 Å². The first-order valence-electron chi connectivity index (χ1n) is 7.60. The molecule has 0 radical (unpaired) electrons. The van der Waals surface area contributed by atoms with Gasteiger partial charge in [0.15, 0.2) is 0 Å². The van der Waals surface area contributed by atoms with Crippen LogP contribution in [0.2, 0.25) is 0 Å². The highest BCUT2D eigenvalue weighted by Crippen LogP contribution is 2.33. The smallest absolute Gasteiger partial charge is 0.0896 e. The number of hydrogen-bond donors (Lipinski definition) is 1. The van der Waals surface area contributed by atoms with Crippen molar-refractivity contribution in [2.45, 2.75) is 32.5 Å². The van der Waals surface area contributed by atoms with E-state index >= 15 is 0 Å². The lowest BCUT2D eigenvalue weighted by atomic mass is 9.97. The molecule has 1 N–H and O–H groups in total. The lowest BCUT2D eigenvalue weighted by Gasteiger charge is -2.17. The molecule has 112 valence electrons. The molecule has 0 amide bonds. The van der Waals surface area contributed by atoms with Crippen molar-refractivity contribution in [3.63, 3.8) is 0 Å². The summed E-state index contributed by atoms with van der Waals surface area (Å²) in [6.07, 6.45) is 9.02. The Balaban J connectivity index is 1.54. The van der Waals surface area contributed by atoms with Crippen LogP contribution in [0.4, 0.5) is 0 Å². The van der Waals surface area contributed by atoms with Crippen molar-refractivity contribution in [1.29, 1.82) is 0 Å². The van der Waals surface area contributed by atoms with Crippen LogP contribution in [0.1, 0.15) is 30.6 Å². The zero-order chi connectivity index (χ0) is 14.5. The third-order valence-electron chi connectivity index (χ3n) is 3.98. The molecular weight excluding hydrogens is 264 g/mol. The Morgan fingerprint density at radius 3 is 3.14 bits per heavy atom. The molecule has 0 unspecified atom stereocenters. The van der Waals surface area contributed by atoms with E-state index in [0.717, 1.165) is 32.7 Å². The van der Waals surface area contributed by atoms with Gasteiger partial charge in [0.2, 0.25) is 0 Å². The molecule has 0 bridgehead atoms. The summed E-state index contributed by atoms with van der Waals surface area (Å²) < 4.78 is 7.86. The molecule has 5 nitrogen and oxygen atoms in total. The first kappa shape index (κ1) is 14.2. The molecule has 1 aliphatic heterocycles. The van der Waals surface area contributed by atoms with Gasteiger partial charge in [0.1, 0.15) is 0 Å². The van der Waals surface area contributed by atoms with Crippen molar-refractivity contribution in [2.24, 2.45) is 5.92 Å². The standard InChI is InChI=1S/C16H22N4O/c1-2-20-12-15(11-19-20)16-14(5-7-21-16)10-18-9-13-4-3-6-17-8-13/h3-4,6,8,11-12,14,16,18H,2,5,7,9-10H2,1H3/t14-,16+/m1/s1. The number of nitrogens with zero attached hydrogens (tertiary/aromatic N) is 3. The molecule has 0 saturated carbocycles. The van der Waals surface area contributed by atoms with Crippen molar-refractivity contribution in [3.05, 3.63) is 48.0 Å². The maximum Gasteiger partial charge on any atom is 0.0896 e. The molecule has 2 aromatic heterocycles. The minimum Gasteiger partial charge on any atom is -0.373 e. The van der Waals surface area contributed by atoms with Gasteiger partial charge in [-0.25, -0.2) is 0 Å². The first-order valence-corrected chi connectivity index (χ1v) is 7.60. The highest BCUT2D eigenvalue weighted by molar-refractivity contribution is 5.12. The zero-order valence-electron chi connectivity index (χ0n) is 12.4. The summed E-state index contributed by atoms with van der Waals surface area (Å²) in [6.45, 7) is 5.64. The fourth-order valence-electron chi connectivity index (χ4n) is 2.82. The number of ether oxygens (including phenoxy) is 1. The van der Waals surface area contributed by atoms with E-state index in [2.05, 4.69) is 34.6 Å². The third-order valence-corrected chi connectivity index (χ3v) is 3.98. The van der Waals surface area contributed by atoms with Gasteiger partial charge in [0.25, 0.3) is 0 Å². The van der Waals surface area contributed by atoms with Gasteiger partial charge >= 0.3 is 0 Å². The molecule has 0 aromatic carbocycles. The number of hydrogen-bond acceptors (Lipinski definition) is 4. The van der Waals surface area contributed by atoms with Gasteiger partial charge in [-0.3, -0.25) is 9.67 Å². The summed E-state index contributed by atoms with van der Waals surface area (Å²) in [4.78, 5) is 4.13. The van der Waals surface area contributed by atoms with Crippen molar-refractivity contribution >= 4 is 0 Å². The van der Waals surface area contributed by atoms with Crippen molar-refractivity contribution in [2.75, 3.05) is 13.2 Å². The van der Waals surface area contributed by atoms with Crippen molar-refractivity contribution in [1.82, 2.24) is 20.1 Å². The van der Waals surface area contributed by atoms with E-state index in [1.54, 1.807) is 6.20 Å². The Kier molecular flexibility index (Phi) is 4.62. The van der Waals surface area contributed by atoms with Crippen LogP contribution in [-0.4, -0.2) is 27.9 Å². The summed E-state index contributed by atoms with van der Waals surface area (Å²) >= 11 is 0. The highest BCUT2D eigenvalue weighted by Gasteiger charge is 2.30. The second-order valence-corrected chi connectivity index (χ2v) is 5.46. The summed E-state index contributed by atoms with van der Waals surface area (Å²) in [5.41, 5.74) is 2.41. The zero-order valence-corrected chi connectivity index (χ0v) is 12.4. The average Bonchev–Trinajstić information content (AvgIpc) is 3.16. The molecule has 0 spiro atoms. The van der Waals surface area contributed by atoms with Crippen LogP contribution < -0.4 is 5.32 Å². The molecular formula is C16H22N4O. The summed E-state index contributed by atoms with van der Waals surface area (Å²) in [5.74, 6) is 0.510. The number of pyridine rings is 1. The van der Waals surface area contributed by atoms with Gasteiger partial charge in [-0.05, 0) is 25.0 Å². The molecule has 0 aliphatic carbocycles. The van der Waals surface area contributed by atoms with Crippen LogP contribution in [0.15, 0.2) is 36.9 Å². The SMILES string of the molecule is CCn1cc([C@H]2OCC[C@@H]2CNCc2cccnc2)cn1. The summed E-state index contributed by atoms with van der Waals surface area (Å²) in [5, 5.41) is 7.87. The summed E-state index contributed by atoms with van der Waals surface area (Å²) in [7, 11) is 0. The van der Waals surface area contributed by atoms with E-state index in [0.29, 0.717) is 5.92 Å². The van der Waals surface area contributed by atoms with E-state index in [-0.39, 0.29) is 6.10 Å². The Bertz CT molecular complexity index is 554. The van der Waals surface area contributed by atoms with Gasteiger partial charge < -0.3 is 10.1 Å². The normalized spacial score (nSPS) is 21.8. The molecule has 3 heterocycles. The second kappa shape index (κ2) is 6.83. The largest absolute Gasteiger partial charge is 0.373 e. The molecule has 1 fully saturated rings. The molecule has 1 aliphatic rings. The van der Waals surface area contributed by atoms with Gasteiger partial charge in [0.05, 0.1) is 12.3 Å². The van der Waals surface area contributed by atoms with E-state index in [1.807, 2.05) is 23.1 Å². The number of aryl methyl sites for hydroxylation is 1. The predicted molar refractivity (Wildman–Crippen MR) is 80.6 cm³/mol. The molecule has 3 rings (SSSR count). The average molecular weight is 286 g/mol. The molecule has 5 heteroatoms. The topological polar surface area (TPSA) is 52.0 Å². The van der Waals surface area contributed by atoms with Crippen molar-refractivity contribution in [3.8, 4) is 0 Å². The maximum absolute atomic E-state index is 5.91. The van der Waals surface area contributed by atoms with E-state index in [1.165, 1.54) is 11.1 Å². The Labute approximate surface area is 125 Å². The molecule has 1 saturated heterocycles. The van der Waals surface area contributed by atoms with Gasteiger partial charge in [-0.15, -0.1) is 0 Å². The first-order chi connectivity index (χ1) is 10.4. The number of rotatable bonds is 6. The lowest BCUT2D eigenvalue weighted by molar-refractivity contribution is 0.0904. The fraction of sp³-hybridized carbons (Fsp3) is 0.500. The van der Waals surface area contributed by atoms with Crippen LogP contribution in [-0.2, 0) is 17.8 Å². The van der Waals surface area contributed by atoms with E-state index in [9.17, 15) is 0 Å². The molecule has 2 aromatic rings.